The Morgan fingerprint density at radius 1 is 1.22 bits per heavy atom. The third kappa shape index (κ3) is 3.77. The van der Waals surface area contributed by atoms with Gasteiger partial charge in [0, 0.05) is 26.2 Å². The average molecular weight is 368 g/mol. The molecule has 4 rings (SSSR count). The maximum absolute atomic E-state index is 12.8. The molecule has 2 aromatic rings. The summed E-state index contributed by atoms with van der Waals surface area (Å²) >= 11 is 0. The van der Waals surface area contributed by atoms with E-state index in [9.17, 15) is 4.79 Å². The second-order valence-corrected chi connectivity index (χ2v) is 8.49. The number of nitrogens with zero attached hydrogens (tertiary/aromatic N) is 3. The number of morpholine rings is 1. The Bertz CT molecular complexity index is 809. The first-order valence-electron chi connectivity index (χ1n) is 9.66. The van der Waals surface area contributed by atoms with Gasteiger partial charge in [0.2, 0.25) is 0 Å². The minimum Gasteiger partial charge on any atom is -0.363 e. The van der Waals surface area contributed by atoms with Crippen molar-refractivity contribution in [1.82, 2.24) is 19.8 Å². The van der Waals surface area contributed by atoms with Crippen molar-refractivity contribution in [1.29, 1.82) is 0 Å². The molecular formula is C21H28N4O2. The number of aromatic amines is 1. The van der Waals surface area contributed by atoms with Gasteiger partial charge in [-0.1, -0.05) is 31.2 Å². The largest absolute Gasteiger partial charge is 0.363 e. The molecule has 0 saturated carbocycles. The molecule has 2 aliphatic rings. The highest BCUT2D eigenvalue weighted by Gasteiger charge is 2.52. The van der Waals surface area contributed by atoms with Crippen LogP contribution in [0.5, 0.6) is 0 Å². The van der Waals surface area contributed by atoms with Crippen LogP contribution in [0.2, 0.25) is 0 Å². The number of carbonyl (C=O) groups is 1. The molecule has 1 aromatic heterocycles. The predicted octanol–water partition coefficient (Wildman–Crippen LogP) is 2.48. The summed E-state index contributed by atoms with van der Waals surface area (Å²) in [7, 11) is 0. The van der Waals surface area contributed by atoms with E-state index in [1.165, 1.54) is 11.1 Å². The van der Waals surface area contributed by atoms with E-state index in [2.05, 4.69) is 59.9 Å². The zero-order chi connectivity index (χ0) is 19.1. The van der Waals surface area contributed by atoms with Crippen molar-refractivity contribution < 1.29 is 9.53 Å². The van der Waals surface area contributed by atoms with Gasteiger partial charge in [-0.05, 0) is 31.4 Å². The van der Waals surface area contributed by atoms with Gasteiger partial charge in [-0.2, -0.15) is 0 Å². The second kappa shape index (κ2) is 6.77. The number of hydrogen-bond donors (Lipinski definition) is 1. The summed E-state index contributed by atoms with van der Waals surface area (Å²) in [5.41, 5.74) is 2.61. The van der Waals surface area contributed by atoms with Gasteiger partial charge in [-0.3, -0.25) is 9.69 Å². The van der Waals surface area contributed by atoms with Gasteiger partial charge in [-0.25, -0.2) is 4.98 Å². The first kappa shape index (κ1) is 18.2. The topological polar surface area (TPSA) is 61.5 Å². The van der Waals surface area contributed by atoms with Gasteiger partial charge >= 0.3 is 0 Å². The smallest absolute Gasteiger partial charge is 0.272 e. The molecular weight excluding hydrogens is 340 g/mol. The summed E-state index contributed by atoms with van der Waals surface area (Å²) in [6.07, 6.45) is 4.19. The summed E-state index contributed by atoms with van der Waals surface area (Å²) in [6.45, 7) is 10.1. The fraction of sp³-hybridized carbons (Fsp3) is 0.524. The molecule has 0 radical (unpaired) electrons. The molecule has 6 nitrogen and oxygen atoms in total. The Morgan fingerprint density at radius 3 is 2.70 bits per heavy atom. The Balaban J connectivity index is 1.43. The number of nitrogens with one attached hydrogen (secondary N) is 1. The van der Waals surface area contributed by atoms with E-state index in [0.29, 0.717) is 18.8 Å². The Labute approximate surface area is 160 Å². The van der Waals surface area contributed by atoms with Crippen LogP contribution in [0.3, 0.4) is 0 Å². The highest BCUT2D eigenvalue weighted by Crippen LogP contribution is 2.36. The molecule has 6 heteroatoms. The van der Waals surface area contributed by atoms with E-state index in [4.69, 9.17) is 4.74 Å². The molecule has 1 N–H and O–H groups in total. The van der Waals surface area contributed by atoms with Crippen molar-refractivity contribution in [2.24, 2.45) is 0 Å². The van der Waals surface area contributed by atoms with E-state index in [-0.39, 0.29) is 17.1 Å². The number of rotatable bonds is 4. The number of aromatic nitrogens is 2. The number of H-pyrrole nitrogens is 1. The van der Waals surface area contributed by atoms with Gasteiger partial charge in [0.1, 0.15) is 11.3 Å². The van der Waals surface area contributed by atoms with Crippen LogP contribution in [-0.4, -0.2) is 63.1 Å². The van der Waals surface area contributed by atoms with Crippen LogP contribution in [0, 0.1) is 0 Å². The fourth-order valence-corrected chi connectivity index (χ4v) is 4.45. The van der Waals surface area contributed by atoms with Gasteiger partial charge in [-0.15, -0.1) is 0 Å². The molecule has 27 heavy (non-hydrogen) atoms. The van der Waals surface area contributed by atoms with Gasteiger partial charge in [0.05, 0.1) is 24.7 Å². The lowest BCUT2D eigenvalue weighted by Gasteiger charge is -2.58. The van der Waals surface area contributed by atoms with Crippen molar-refractivity contribution in [3.8, 4) is 0 Å². The maximum atomic E-state index is 12.8. The summed E-state index contributed by atoms with van der Waals surface area (Å²) in [5.74, 6) is -0.00246. The number of hydrogen-bond acceptors (Lipinski definition) is 4. The van der Waals surface area contributed by atoms with Gasteiger partial charge in [0.25, 0.3) is 5.91 Å². The van der Waals surface area contributed by atoms with E-state index in [1.807, 2.05) is 4.90 Å². The van der Waals surface area contributed by atoms with Crippen LogP contribution in [0.1, 0.15) is 42.4 Å². The van der Waals surface area contributed by atoms with Gasteiger partial charge < -0.3 is 14.6 Å². The Morgan fingerprint density at radius 2 is 2.00 bits per heavy atom. The highest BCUT2D eigenvalue weighted by atomic mass is 16.5. The normalized spacial score (nSPS) is 21.2. The van der Waals surface area contributed by atoms with Gasteiger partial charge in [0.15, 0.2) is 0 Å². The lowest BCUT2D eigenvalue weighted by molar-refractivity contribution is -0.241. The molecule has 1 aromatic carbocycles. The second-order valence-electron chi connectivity index (χ2n) is 8.49. The van der Waals surface area contributed by atoms with Crippen LogP contribution in [0.25, 0.3) is 0 Å². The number of benzene rings is 1. The molecule has 1 amide bonds. The summed E-state index contributed by atoms with van der Waals surface area (Å²) in [4.78, 5) is 24.0. The molecule has 2 fully saturated rings. The minimum atomic E-state index is -0.359. The first-order valence-corrected chi connectivity index (χ1v) is 9.66. The monoisotopic (exact) mass is 368 g/mol. The number of aryl methyl sites for hydroxylation is 1. The lowest BCUT2D eigenvalue weighted by Crippen LogP contribution is -2.73. The summed E-state index contributed by atoms with van der Waals surface area (Å²) < 4.78 is 6.45. The average Bonchev–Trinajstić information content (AvgIpc) is 3.13. The van der Waals surface area contributed by atoms with Crippen LogP contribution < -0.4 is 0 Å². The van der Waals surface area contributed by atoms with Crippen LogP contribution in [-0.2, 0) is 17.7 Å². The first-order chi connectivity index (χ1) is 12.9. The Hall–Kier alpha value is -2.18. The zero-order valence-corrected chi connectivity index (χ0v) is 16.4. The minimum absolute atomic E-state index is 0.00246. The summed E-state index contributed by atoms with van der Waals surface area (Å²) in [6, 6.07) is 8.77. The maximum Gasteiger partial charge on any atom is 0.272 e. The van der Waals surface area contributed by atoms with Crippen molar-refractivity contribution in [2.75, 3.05) is 26.2 Å². The number of likely N-dealkylation sites (tertiary alicyclic amines) is 1. The van der Waals surface area contributed by atoms with E-state index >= 15 is 0 Å². The quantitative estimate of drug-likeness (QED) is 0.901. The predicted molar refractivity (Wildman–Crippen MR) is 103 cm³/mol. The van der Waals surface area contributed by atoms with Crippen LogP contribution in [0.15, 0.2) is 36.8 Å². The standard InChI is InChI=1S/C21H28N4O2/c1-4-16-6-5-7-17(8-16)10-24-12-21(13-24)14-25(11-20(2,3)27-21)19(26)18-9-22-15-23-18/h5-9,15H,4,10-14H2,1-3H3,(H,22,23). The third-order valence-corrected chi connectivity index (χ3v) is 5.39. The number of imidazole rings is 1. The fourth-order valence-electron chi connectivity index (χ4n) is 4.45. The molecule has 3 heterocycles. The van der Waals surface area contributed by atoms with E-state index in [1.54, 1.807) is 12.5 Å². The molecule has 144 valence electrons. The van der Waals surface area contributed by atoms with Crippen molar-refractivity contribution in [3.63, 3.8) is 0 Å². The number of ether oxygens (including phenoxy) is 1. The van der Waals surface area contributed by atoms with E-state index in [0.717, 1.165) is 26.1 Å². The van der Waals surface area contributed by atoms with Crippen LogP contribution >= 0.6 is 0 Å². The summed E-state index contributed by atoms with van der Waals surface area (Å²) in [5, 5.41) is 0. The Kier molecular flexibility index (Phi) is 4.56. The SMILES string of the molecule is CCc1cccc(CN2CC3(C2)CN(C(=O)c2cnc[nH]2)CC(C)(C)O3)c1. The molecule has 0 unspecified atom stereocenters. The van der Waals surface area contributed by atoms with E-state index < -0.39 is 0 Å². The molecule has 1 spiro atoms. The van der Waals surface area contributed by atoms with Crippen molar-refractivity contribution in [3.05, 3.63) is 53.6 Å². The molecule has 0 aliphatic carbocycles. The number of carbonyl (C=O) groups excluding carboxylic acids is 1. The lowest BCUT2D eigenvalue weighted by atomic mass is 9.87. The number of amides is 1. The van der Waals surface area contributed by atoms with Crippen molar-refractivity contribution in [2.45, 2.75) is 44.9 Å². The molecule has 0 atom stereocenters. The highest BCUT2D eigenvalue weighted by molar-refractivity contribution is 5.92. The van der Waals surface area contributed by atoms with Crippen LogP contribution in [0.4, 0.5) is 0 Å². The molecule has 2 saturated heterocycles. The third-order valence-electron chi connectivity index (χ3n) is 5.39. The molecule has 0 bridgehead atoms. The van der Waals surface area contributed by atoms with Crippen molar-refractivity contribution >= 4 is 5.91 Å². The molecule has 2 aliphatic heterocycles. The zero-order valence-electron chi connectivity index (χ0n) is 16.4.